The predicted molar refractivity (Wildman–Crippen MR) is 30.2 cm³/mol. The highest BCUT2D eigenvalue weighted by Gasteiger charge is 2.11. The van der Waals surface area contributed by atoms with Gasteiger partial charge in [0, 0.05) is 0 Å². The fourth-order valence-corrected chi connectivity index (χ4v) is 0.505. The number of azo groups is 1. The Balaban J connectivity index is 2.77. The minimum atomic E-state index is -1.16. The second-order valence-corrected chi connectivity index (χ2v) is 1.69. The molecule has 0 radical (unpaired) electrons. The molecule has 0 unspecified atom stereocenters. The van der Waals surface area contributed by atoms with Crippen molar-refractivity contribution in [2.24, 2.45) is 10.2 Å². The second-order valence-electron chi connectivity index (χ2n) is 1.69. The Morgan fingerprint density at radius 3 is 2.70 bits per heavy atom. The average molecular weight is 140 g/mol. The molecule has 0 saturated heterocycles. The summed E-state index contributed by atoms with van der Waals surface area (Å²) < 4.78 is 0. The van der Waals surface area contributed by atoms with Crippen LogP contribution in [0, 0.1) is 0 Å². The first kappa shape index (κ1) is 6.60. The molecule has 1 amide bonds. The molecule has 0 bridgehead atoms. The molecule has 0 aromatic heterocycles. The van der Waals surface area contributed by atoms with Gasteiger partial charge >= 0.3 is 5.97 Å². The van der Waals surface area contributed by atoms with Gasteiger partial charge in [-0.15, -0.1) is 10.2 Å². The lowest BCUT2D eigenvalue weighted by Crippen LogP contribution is -2.03. The molecule has 0 aromatic rings. The predicted octanol–water partition coefficient (Wildman–Crippen LogP) is 0.337. The van der Waals surface area contributed by atoms with Gasteiger partial charge in [-0.3, -0.25) is 4.79 Å². The van der Waals surface area contributed by atoms with Crippen molar-refractivity contribution in [2.45, 2.75) is 6.42 Å². The number of hydrogen-bond acceptors (Lipinski definition) is 3. The Bertz CT molecular complexity index is 241. The first-order valence-electron chi connectivity index (χ1n) is 2.58. The molecule has 1 aliphatic heterocycles. The number of carboxylic acids is 1. The highest BCUT2D eigenvalue weighted by Crippen LogP contribution is 2.06. The van der Waals surface area contributed by atoms with Gasteiger partial charge in [-0.05, 0) is 6.08 Å². The zero-order valence-corrected chi connectivity index (χ0v) is 4.94. The van der Waals surface area contributed by atoms with Gasteiger partial charge < -0.3 is 5.11 Å². The lowest BCUT2D eigenvalue weighted by atomic mass is 10.3. The summed E-state index contributed by atoms with van der Waals surface area (Å²) in [4.78, 5) is 20.5. The maximum Gasteiger partial charge on any atom is 0.356 e. The van der Waals surface area contributed by atoms with Crippen LogP contribution >= 0.6 is 0 Å². The Hall–Kier alpha value is -1.52. The molecule has 5 heteroatoms. The molecule has 10 heavy (non-hydrogen) atoms. The van der Waals surface area contributed by atoms with Gasteiger partial charge in [0.2, 0.25) is 0 Å². The maximum atomic E-state index is 10.3. The van der Waals surface area contributed by atoms with E-state index in [1.807, 2.05) is 0 Å². The number of carboxylic acid groups (broad SMARTS) is 1. The molecule has 1 aliphatic rings. The topological polar surface area (TPSA) is 79.1 Å². The van der Waals surface area contributed by atoms with Gasteiger partial charge in [0.1, 0.15) is 0 Å². The summed E-state index contributed by atoms with van der Waals surface area (Å²) in [5.41, 5.74) is -0.167. The monoisotopic (exact) mass is 140 g/mol. The van der Waals surface area contributed by atoms with Crippen LogP contribution in [0.2, 0.25) is 0 Å². The summed E-state index contributed by atoms with van der Waals surface area (Å²) in [6, 6.07) is 0. The van der Waals surface area contributed by atoms with Crippen molar-refractivity contribution in [1.82, 2.24) is 0 Å². The molecular weight excluding hydrogens is 136 g/mol. The van der Waals surface area contributed by atoms with Crippen LogP contribution in [-0.2, 0) is 9.59 Å². The van der Waals surface area contributed by atoms with Crippen molar-refractivity contribution in [3.63, 3.8) is 0 Å². The molecule has 52 valence electrons. The molecule has 1 N–H and O–H groups in total. The van der Waals surface area contributed by atoms with Gasteiger partial charge in [-0.25, -0.2) is 4.79 Å². The largest absolute Gasteiger partial charge is 0.476 e. The first-order chi connectivity index (χ1) is 4.70. The van der Waals surface area contributed by atoms with E-state index in [4.69, 9.17) is 5.11 Å². The number of amides is 1. The Kier molecular flexibility index (Phi) is 1.57. The third-order valence-electron chi connectivity index (χ3n) is 0.958. The normalized spacial score (nSPS) is 16.8. The molecule has 1 rings (SSSR count). The van der Waals surface area contributed by atoms with E-state index in [0.717, 1.165) is 0 Å². The fraction of sp³-hybridized carbons (Fsp3) is 0.200. The Morgan fingerprint density at radius 1 is 1.60 bits per heavy atom. The van der Waals surface area contributed by atoms with Crippen LogP contribution in [0.1, 0.15) is 6.42 Å². The van der Waals surface area contributed by atoms with Crippen LogP contribution in [0.25, 0.3) is 0 Å². The Labute approximate surface area is 56.1 Å². The third-order valence-corrected chi connectivity index (χ3v) is 0.958. The van der Waals surface area contributed by atoms with Gasteiger partial charge in [0.25, 0.3) is 5.91 Å². The standard InChI is InChI=1S/C5H4N2O3/c8-4-2-1-3(5(9)10)6-7-4/h1H,2H2,(H,9,10). The average Bonchev–Trinajstić information content (AvgIpc) is 1.88. The van der Waals surface area contributed by atoms with Crippen LogP contribution in [0.15, 0.2) is 22.0 Å². The molecule has 0 atom stereocenters. The van der Waals surface area contributed by atoms with Crippen molar-refractivity contribution < 1.29 is 14.7 Å². The quantitative estimate of drug-likeness (QED) is 0.570. The molecule has 0 spiro atoms. The lowest BCUT2D eigenvalue weighted by molar-refractivity contribution is -0.132. The fourth-order valence-electron chi connectivity index (χ4n) is 0.505. The van der Waals surface area contributed by atoms with E-state index >= 15 is 0 Å². The van der Waals surface area contributed by atoms with Gasteiger partial charge in [0.15, 0.2) is 5.70 Å². The van der Waals surface area contributed by atoms with Crippen molar-refractivity contribution in [2.75, 3.05) is 0 Å². The summed E-state index contributed by atoms with van der Waals surface area (Å²) in [5.74, 6) is -1.57. The number of carbonyl (C=O) groups is 2. The molecular formula is C5H4N2O3. The summed E-state index contributed by atoms with van der Waals surface area (Å²) in [6.45, 7) is 0. The summed E-state index contributed by atoms with van der Waals surface area (Å²) in [7, 11) is 0. The number of carbonyl (C=O) groups excluding carboxylic acids is 1. The minimum Gasteiger partial charge on any atom is -0.476 e. The summed E-state index contributed by atoms with van der Waals surface area (Å²) >= 11 is 0. The number of nitrogens with zero attached hydrogens (tertiary/aromatic N) is 2. The molecule has 1 heterocycles. The lowest BCUT2D eigenvalue weighted by Gasteiger charge is -1.96. The highest BCUT2D eigenvalue weighted by molar-refractivity contribution is 5.89. The summed E-state index contributed by atoms with van der Waals surface area (Å²) in [5, 5.41) is 14.5. The van der Waals surface area contributed by atoms with E-state index in [0.29, 0.717) is 0 Å². The van der Waals surface area contributed by atoms with E-state index in [1.165, 1.54) is 6.08 Å². The van der Waals surface area contributed by atoms with Gasteiger partial charge in [-0.2, -0.15) is 0 Å². The van der Waals surface area contributed by atoms with Crippen LogP contribution in [0.5, 0.6) is 0 Å². The number of rotatable bonds is 1. The first-order valence-corrected chi connectivity index (χ1v) is 2.58. The van der Waals surface area contributed by atoms with Crippen LogP contribution < -0.4 is 0 Å². The SMILES string of the molecule is O=C1CC=C(C(=O)O)N=N1. The van der Waals surface area contributed by atoms with E-state index in [2.05, 4.69) is 10.2 Å². The number of aliphatic carboxylic acids is 1. The minimum absolute atomic E-state index is 0.0329. The van der Waals surface area contributed by atoms with Crippen LogP contribution in [-0.4, -0.2) is 17.0 Å². The van der Waals surface area contributed by atoms with E-state index in [-0.39, 0.29) is 12.1 Å². The van der Waals surface area contributed by atoms with E-state index < -0.39 is 11.9 Å². The number of hydrogen-bond donors (Lipinski definition) is 1. The van der Waals surface area contributed by atoms with Crippen molar-refractivity contribution in [3.8, 4) is 0 Å². The zero-order valence-electron chi connectivity index (χ0n) is 4.94. The molecule has 0 aliphatic carbocycles. The van der Waals surface area contributed by atoms with Crippen molar-refractivity contribution >= 4 is 11.9 Å². The third kappa shape index (κ3) is 1.25. The zero-order chi connectivity index (χ0) is 7.56. The molecule has 5 nitrogen and oxygen atoms in total. The highest BCUT2D eigenvalue weighted by atomic mass is 16.4. The van der Waals surface area contributed by atoms with E-state index in [1.54, 1.807) is 0 Å². The maximum absolute atomic E-state index is 10.3. The van der Waals surface area contributed by atoms with Gasteiger partial charge in [-0.1, -0.05) is 0 Å². The van der Waals surface area contributed by atoms with Crippen LogP contribution in [0.3, 0.4) is 0 Å². The van der Waals surface area contributed by atoms with Crippen molar-refractivity contribution in [3.05, 3.63) is 11.8 Å². The Morgan fingerprint density at radius 2 is 2.30 bits per heavy atom. The van der Waals surface area contributed by atoms with Crippen molar-refractivity contribution in [1.29, 1.82) is 0 Å². The molecule has 0 aromatic carbocycles. The van der Waals surface area contributed by atoms with Crippen LogP contribution in [0.4, 0.5) is 0 Å². The smallest absolute Gasteiger partial charge is 0.356 e. The second kappa shape index (κ2) is 2.38. The van der Waals surface area contributed by atoms with Gasteiger partial charge in [0.05, 0.1) is 6.42 Å². The molecule has 0 saturated carbocycles. The summed E-state index contributed by atoms with van der Waals surface area (Å²) in [6.07, 6.45) is 1.27. The molecule has 0 fully saturated rings. The van der Waals surface area contributed by atoms with E-state index in [9.17, 15) is 9.59 Å².